The normalized spacial score (nSPS) is 15.6. The minimum absolute atomic E-state index is 0.0425. The molecular weight excluding hydrogens is 354 g/mol. The average Bonchev–Trinajstić information content (AvgIpc) is 3.31. The third-order valence-corrected chi connectivity index (χ3v) is 5.49. The minimum atomic E-state index is 0.0425. The molecule has 8 nitrogen and oxygen atoms in total. The molecule has 1 amide bonds. The highest BCUT2D eigenvalue weighted by atomic mass is 16.2. The lowest BCUT2D eigenvalue weighted by atomic mass is 10.0. The molecule has 1 aliphatic heterocycles. The van der Waals surface area contributed by atoms with E-state index in [-0.39, 0.29) is 5.91 Å². The van der Waals surface area contributed by atoms with Gasteiger partial charge in [0.05, 0.1) is 11.1 Å². The number of rotatable bonds is 2. The maximum atomic E-state index is 12.9. The Kier molecular flexibility index (Phi) is 3.87. The molecule has 1 aromatic carbocycles. The number of aromatic amines is 1. The summed E-state index contributed by atoms with van der Waals surface area (Å²) in [5.74, 6) is 0.0425. The lowest BCUT2D eigenvalue weighted by Gasteiger charge is -2.32. The number of piperazine rings is 1. The van der Waals surface area contributed by atoms with Crippen molar-refractivity contribution in [1.82, 2.24) is 34.8 Å². The lowest BCUT2D eigenvalue weighted by Crippen LogP contribution is -2.47. The molecule has 0 aliphatic carbocycles. The molecule has 3 aromatic heterocycles. The molecule has 28 heavy (non-hydrogen) atoms. The molecule has 8 heteroatoms. The van der Waals surface area contributed by atoms with Gasteiger partial charge in [0.1, 0.15) is 11.2 Å². The summed E-state index contributed by atoms with van der Waals surface area (Å²) in [6, 6.07) is 7.99. The van der Waals surface area contributed by atoms with Crippen LogP contribution in [0.3, 0.4) is 0 Å². The number of hydrogen-bond acceptors (Lipinski definition) is 5. The maximum Gasteiger partial charge on any atom is 0.255 e. The van der Waals surface area contributed by atoms with Crippen molar-refractivity contribution < 1.29 is 4.79 Å². The number of carbonyl (C=O) groups excluding carboxylic acids is 1. The van der Waals surface area contributed by atoms with Crippen molar-refractivity contribution in [2.24, 2.45) is 7.05 Å². The quantitative estimate of drug-likeness (QED) is 0.579. The van der Waals surface area contributed by atoms with E-state index in [9.17, 15) is 4.79 Å². The van der Waals surface area contributed by atoms with E-state index in [0.29, 0.717) is 5.56 Å². The molecule has 1 saturated heterocycles. The zero-order chi connectivity index (χ0) is 19.3. The molecule has 1 fully saturated rings. The Morgan fingerprint density at radius 2 is 1.93 bits per heavy atom. The summed E-state index contributed by atoms with van der Waals surface area (Å²) in [6.07, 6.45) is 3.60. The molecule has 0 saturated carbocycles. The first-order valence-corrected chi connectivity index (χ1v) is 9.35. The van der Waals surface area contributed by atoms with Crippen LogP contribution in [-0.2, 0) is 7.05 Å². The van der Waals surface area contributed by atoms with Gasteiger partial charge in [-0.3, -0.25) is 4.79 Å². The van der Waals surface area contributed by atoms with Crippen LogP contribution in [0, 0.1) is 0 Å². The summed E-state index contributed by atoms with van der Waals surface area (Å²) < 4.78 is 1.76. The van der Waals surface area contributed by atoms with E-state index in [0.717, 1.165) is 59.4 Å². The van der Waals surface area contributed by atoms with Gasteiger partial charge in [-0.15, -0.1) is 5.10 Å². The number of nitrogens with zero attached hydrogens (tertiary/aromatic N) is 6. The van der Waals surface area contributed by atoms with Crippen LogP contribution in [0.5, 0.6) is 0 Å². The van der Waals surface area contributed by atoms with Crippen LogP contribution in [0.2, 0.25) is 0 Å². The number of pyridine rings is 1. The van der Waals surface area contributed by atoms with Crippen LogP contribution in [0.4, 0.5) is 0 Å². The van der Waals surface area contributed by atoms with Gasteiger partial charge in [-0.05, 0) is 30.8 Å². The number of H-pyrrole nitrogens is 1. The molecule has 4 heterocycles. The second-order valence-corrected chi connectivity index (χ2v) is 7.33. The Bertz CT molecular complexity index is 1180. The number of carbonyl (C=O) groups is 1. The van der Waals surface area contributed by atoms with Crippen molar-refractivity contribution in [3.05, 3.63) is 42.2 Å². The molecule has 5 rings (SSSR count). The van der Waals surface area contributed by atoms with Gasteiger partial charge in [0.2, 0.25) is 0 Å². The fraction of sp³-hybridized carbons (Fsp3) is 0.300. The topological polar surface area (TPSA) is 82.9 Å². The summed E-state index contributed by atoms with van der Waals surface area (Å²) in [6.45, 7) is 3.29. The van der Waals surface area contributed by atoms with E-state index in [4.69, 9.17) is 0 Å². The molecule has 1 N–H and O–H groups in total. The number of likely N-dealkylation sites (N-methyl/N-ethyl adjacent to an activating group) is 1. The van der Waals surface area contributed by atoms with Crippen LogP contribution in [-0.4, -0.2) is 73.9 Å². The van der Waals surface area contributed by atoms with E-state index in [1.807, 2.05) is 36.3 Å². The number of hydrogen-bond donors (Lipinski definition) is 1. The van der Waals surface area contributed by atoms with Crippen molar-refractivity contribution in [1.29, 1.82) is 0 Å². The van der Waals surface area contributed by atoms with Crippen molar-refractivity contribution >= 4 is 28.0 Å². The fourth-order valence-corrected chi connectivity index (χ4v) is 3.75. The Hall–Kier alpha value is -3.26. The Morgan fingerprint density at radius 1 is 1.11 bits per heavy atom. The number of fused-ring (bicyclic) bond motifs is 2. The number of aryl methyl sites for hydroxylation is 1. The first-order chi connectivity index (χ1) is 13.6. The fourth-order valence-electron chi connectivity index (χ4n) is 3.75. The molecule has 0 bridgehead atoms. The van der Waals surface area contributed by atoms with Crippen LogP contribution in [0.25, 0.3) is 33.2 Å². The van der Waals surface area contributed by atoms with Crippen molar-refractivity contribution in [3.8, 4) is 11.1 Å². The first-order valence-electron chi connectivity index (χ1n) is 9.35. The van der Waals surface area contributed by atoms with E-state index in [1.165, 1.54) is 0 Å². The molecule has 142 valence electrons. The highest BCUT2D eigenvalue weighted by Gasteiger charge is 2.21. The molecular formula is C20H21N7O. The van der Waals surface area contributed by atoms with Gasteiger partial charge in [-0.25, -0.2) is 9.67 Å². The van der Waals surface area contributed by atoms with Crippen molar-refractivity contribution in [2.45, 2.75) is 0 Å². The molecule has 0 atom stereocenters. The predicted molar refractivity (Wildman–Crippen MR) is 107 cm³/mol. The number of amides is 1. The number of nitrogens with one attached hydrogen (secondary N) is 1. The average molecular weight is 375 g/mol. The van der Waals surface area contributed by atoms with Crippen LogP contribution in [0.1, 0.15) is 10.4 Å². The van der Waals surface area contributed by atoms with Crippen molar-refractivity contribution in [2.75, 3.05) is 33.2 Å². The molecule has 1 aliphatic rings. The van der Waals surface area contributed by atoms with Gasteiger partial charge in [0, 0.05) is 56.6 Å². The number of aromatic nitrogens is 5. The maximum absolute atomic E-state index is 12.9. The van der Waals surface area contributed by atoms with E-state index in [2.05, 4.69) is 38.3 Å². The van der Waals surface area contributed by atoms with Gasteiger partial charge in [-0.1, -0.05) is 11.3 Å². The summed E-state index contributed by atoms with van der Waals surface area (Å²) in [4.78, 5) is 24.8. The second kappa shape index (κ2) is 6.42. The second-order valence-electron chi connectivity index (χ2n) is 7.33. The zero-order valence-corrected chi connectivity index (χ0v) is 15.9. The third kappa shape index (κ3) is 2.73. The van der Waals surface area contributed by atoms with Gasteiger partial charge >= 0.3 is 0 Å². The monoisotopic (exact) mass is 375 g/mol. The van der Waals surface area contributed by atoms with Gasteiger partial charge in [0.25, 0.3) is 5.91 Å². The van der Waals surface area contributed by atoms with Crippen LogP contribution < -0.4 is 0 Å². The summed E-state index contributed by atoms with van der Waals surface area (Å²) in [7, 11) is 3.96. The standard InChI is InChI=1S/C20H21N7O/c1-25-5-7-27(8-6-25)20(28)14-9-15-16(12-22-19(15)21-11-14)13-3-4-17-18(10-13)26(2)24-23-17/h3-4,9-12H,5-8H2,1-2H3,(H,21,22). The number of benzene rings is 1. The minimum Gasteiger partial charge on any atom is -0.346 e. The first kappa shape index (κ1) is 16.9. The Labute approximate surface area is 161 Å². The Balaban J connectivity index is 1.54. The molecule has 0 spiro atoms. The largest absolute Gasteiger partial charge is 0.346 e. The van der Waals surface area contributed by atoms with E-state index >= 15 is 0 Å². The van der Waals surface area contributed by atoms with Gasteiger partial charge < -0.3 is 14.8 Å². The van der Waals surface area contributed by atoms with Crippen molar-refractivity contribution in [3.63, 3.8) is 0 Å². The highest BCUT2D eigenvalue weighted by molar-refractivity contribution is 6.01. The molecule has 0 radical (unpaired) electrons. The SMILES string of the molecule is CN1CCN(C(=O)c2cnc3[nH]cc(-c4ccc5nnn(C)c5c4)c3c2)CC1. The molecule has 4 aromatic rings. The highest BCUT2D eigenvalue weighted by Crippen LogP contribution is 2.30. The predicted octanol–water partition coefficient (Wildman–Crippen LogP) is 1.90. The van der Waals surface area contributed by atoms with Gasteiger partial charge in [-0.2, -0.15) is 0 Å². The third-order valence-electron chi connectivity index (χ3n) is 5.49. The smallest absolute Gasteiger partial charge is 0.255 e. The Morgan fingerprint density at radius 3 is 2.75 bits per heavy atom. The lowest BCUT2D eigenvalue weighted by molar-refractivity contribution is 0.0664. The molecule has 0 unspecified atom stereocenters. The summed E-state index contributed by atoms with van der Waals surface area (Å²) >= 11 is 0. The zero-order valence-electron chi connectivity index (χ0n) is 15.9. The summed E-state index contributed by atoms with van der Waals surface area (Å²) in [5.41, 5.74) is 5.27. The van der Waals surface area contributed by atoms with E-state index in [1.54, 1.807) is 10.9 Å². The van der Waals surface area contributed by atoms with Crippen LogP contribution >= 0.6 is 0 Å². The van der Waals surface area contributed by atoms with Gasteiger partial charge in [0.15, 0.2) is 0 Å². The van der Waals surface area contributed by atoms with Crippen LogP contribution in [0.15, 0.2) is 36.7 Å². The van der Waals surface area contributed by atoms with E-state index < -0.39 is 0 Å². The summed E-state index contributed by atoms with van der Waals surface area (Å²) in [5, 5.41) is 9.14.